The minimum absolute atomic E-state index is 0.0303. The molecule has 4 nitrogen and oxygen atoms in total. The van der Waals surface area contributed by atoms with E-state index >= 15 is 0 Å². The molecule has 0 radical (unpaired) electrons. The summed E-state index contributed by atoms with van der Waals surface area (Å²) in [6.07, 6.45) is 3.36. The Bertz CT molecular complexity index is 875. The number of hydrogen-bond acceptors (Lipinski definition) is 4. The number of aromatic nitrogens is 1. The number of benzene rings is 1. The molecule has 0 spiro atoms. The Morgan fingerprint density at radius 2 is 2.00 bits per heavy atom. The van der Waals surface area contributed by atoms with Crippen LogP contribution in [0.4, 0.5) is 8.78 Å². The number of rotatable bonds is 5. The van der Waals surface area contributed by atoms with Gasteiger partial charge in [0.25, 0.3) is 5.92 Å². The van der Waals surface area contributed by atoms with Crippen LogP contribution >= 0.6 is 0 Å². The van der Waals surface area contributed by atoms with E-state index < -0.39 is 23.2 Å². The highest BCUT2D eigenvalue weighted by Gasteiger charge is 2.89. The molecule has 4 aliphatic rings. The summed E-state index contributed by atoms with van der Waals surface area (Å²) in [7, 11) is 0. The number of nitrogens with zero attached hydrogens (tertiary/aromatic N) is 1. The van der Waals surface area contributed by atoms with E-state index in [9.17, 15) is 13.6 Å². The Hall–Kier alpha value is -2.24. The Kier molecular flexibility index (Phi) is 3.30. The van der Waals surface area contributed by atoms with Crippen LogP contribution in [0, 0.1) is 23.2 Å². The number of ether oxygens (including phenoxy) is 2. The first-order chi connectivity index (χ1) is 12.6. The molecule has 4 fully saturated rings. The normalized spacial score (nSPS) is 33.1. The molecule has 4 saturated carbocycles. The second-order valence-electron chi connectivity index (χ2n) is 7.53. The molecule has 2 aromatic rings. The molecule has 4 atom stereocenters. The third-order valence-electron chi connectivity index (χ3n) is 6.50. The number of para-hydroxylation sites is 1. The van der Waals surface area contributed by atoms with E-state index in [0.29, 0.717) is 18.6 Å². The van der Waals surface area contributed by atoms with Crippen molar-refractivity contribution >= 4 is 16.9 Å². The summed E-state index contributed by atoms with van der Waals surface area (Å²) in [5, 5.41) is 0.863. The fourth-order valence-electron chi connectivity index (χ4n) is 5.32. The quantitative estimate of drug-likeness (QED) is 0.601. The van der Waals surface area contributed by atoms with Crippen molar-refractivity contribution < 1.29 is 23.0 Å². The van der Waals surface area contributed by atoms with Gasteiger partial charge in [-0.15, -0.1) is 0 Å². The van der Waals surface area contributed by atoms with Crippen LogP contribution in [0.5, 0.6) is 5.75 Å². The molecule has 6 heteroatoms. The third-order valence-corrected chi connectivity index (χ3v) is 6.50. The first kappa shape index (κ1) is 16.0. The van der Waals surface area contributed by atoms with Gasteiger partial charge in [-0.25, -0.2) is 8.78 Å². The lowest BCUT2D eigenvalue weighted by molar-refractivity contribution is -0.181. The first-order valence-electron chi connectivity index (χ1n) is 9.08. The van der Waals surface area contributed by atoms with Crippen molar-refractivity contribution in [2.45, 2.75) is 25.2 Å². The van der Waals surface area contributed by atoms with Gasteiger partial charge in [-0.05, 0) is 49.3 Å². The van der Waals surface area contributed by atoms with Crippen LogP contribution in [0.25, 0.3) is 10.9 Å². The van der Waals surface area contributed by atoms with Crippen LogP contribution in [0.1, 0.15) is 19.3 Å². The molecule has 6 rings (SSSR count). The van der Waals surface area contributed by atoms with Crippen molar-refractivity contribution in [2.24, 2.45) is 23.2 Å². The van der Waals surface area contributed by atoms with Gasteiger partial charge in [-0.2, -0.15) is 0 Å². The van der Waals surface area contributed by atoms with E-state index in [1.807, 2.05) is 24.3 Å². The molecular weight excluding hydrogens is 340 g/mol. The zero-order valence-corrected chi connectivity index (χ0v) is 14.2. The van der Waals surface area contributed by atoms with Crippen LogP contribution in [0.2, 0.25) is 0 Å². The largest absolute Gasteiger partial charge is 0.489 e. The summed E-state index contributed by atoms with van der Waals surface area (Å²) >= 11 is 0. The molecule has 0 amide bonds. The maximum atomic E-state index is 14.6. The maximum absolute atomic E-state index is 14.6. The SMILES string of the molecule is O=C(OCCOc1ccnc2ccccc12)C12C3CCC(CC31)C2(F)F. The summed E-state index contributed by atoms with van der Waals surface area (Å²) < 4.78 is 40.1. The van der Waals surface area contributed by atoms with Crippen LogP contribution < -0.4 is 4.74 Å². The highest BCUT2D eigenvalue weighted by molar-refractivity contribution is 5.85. The topological polar surface area (TPSA) is 48.4 Å². The summed E-state index contributed by atoms with van der Waals surface area (Å²) in [6, 6.07) is 9.30. The maximum Gasteiger partial charge on any atom is 0.318 e. The van der Waals surface area contributed by atoms with Gasteiger partial charge in [0.2, 0.25) is 0 Å². The number of pyridine rings is 1. The van der Waals surface area contributed by atoms with Crippen LogP contribution in [0.3, 0.4) is 0 Å². The van der Waals surface area contributed by atoms with Gasteiger partial charge in [0.15, 0.2) is 0 Å². The monoisotopic (exact) mass is 359 g/mol. The highest BCUT2D eigenvalue weighted by atomic mass is 19.3. The Morgan fingerprint density at radius 1 is 1.15 bits per heavy atom. The molecule has 0 N–H and O–H groups in total. The Morgan fingerprint density at radius 3 is 2.77 bits per heavy atom. The van der Waals surface area contributed by atoms with Gasteiger partial charge in [0.05, 0.1) is 5.52 Å². The molecule has 4 bridgehead atoms. The number of carbonyl (C=O) groups is 1. The first-order valence-corrected chi connectivity index (χ1v) is 9.08. The molecule has 0 aliphatic heterocycles. The van der Waals surface area contributed by atoms with Crippen LogP contribution in [-0.4, -0.2) is 30.1 Å². The average Bonchev–Trinajstić information content (AvgIpc) is 3.30. The van der Waals surface area contributed by atoms with E-state index in [1.54, 1.807) is 12.3 Å². The van der Waals surface area contributed by atoms with Gasteiger partial charge in [0, 0.05) is 17.5 Å². The van der Waals surface area contributed by atoms with Gasteiger partial charge < -0.3 is 9.47 Å². The van der Waals surface area contributed by atoms with E-state index in [2.05, 4.69) is 4.98 Å². The van der Waals surface area contributed by atoms with Crippen molar-refractivity contribution in [3.8, 4) is 5.75 Å². The van der Waals surface area contributed by atoms with Crippen molar-refractivity contribution in [1.29, 1.82) is 0 Å². The number of carbonyl (C=O) groups excluding carboxylic acids is 1. The third kappa shape index (κ3) is 1.93. The number of fused-ring (bicyclic) bond motifs is 2. The zero-order chi connectivity index (χ0) is 17.9. The van der Waals surface area contributed by atoms with Crippen molar-refractivity contribution in [3.05, 3.63) is 36.5 Å². The fourth-order valence-corrected chi connectivity index (χ4v) is 5.32. The Balaban J connectivity index is 1.22. The number of halogens is 2. The predicted octanol–water partition coefficient (Wildman–Crippen LogP) is 3.84. The van der Waals surface area contributed by atoms with Crippen molar-refractivity contribution in [2.75, 3.05) is 13.2 Å². The molecule has 0 saturated heterocycles. The molecule has 136 valence electrons. The predicted molar refractivity (Wildman–Crippen MR) is 89.9 cm³/mol. The molecule has 1 aromatic carbocycles. The van der Waals surface area contributed by atoms with E-state index in [4.69, 9.17) is 9.47 Å². The molecule has 1 aromatic heterocycles. The number of alkyl halides is 2. The zero-order valence-electron chi connectivity index (χ0n) is 14.2. The standard InChI is InChI=1S/C20H19F2NO3/c21-20(22)12-5-6-14-15(11-12)19(14,20)18(24)26-10-9-25-17-7-8-23-16-4-2-1-3-13(16)17/h1-4,7-8,12,14-15H,5-6,9-11H2. The van der Waals surface area contributed by atoms with Gasteiger partial charge in [0.1, 0.15) is 24.4 Å². The van der Waals surface area contributed by atoms with E-state index in [1.165, 1.54) is 0 Å². The molecule has 4 aliphatic carbocycles. The Labute approximate surface area is 149 Å². The lowest BCUT2D eigenvalue weighted by Crippen LogP contribution is -2.45. The fraction of sp³-hybridized carbons (Fsp3) is 0.500. The van der Waals surface area contributed by atoms with Crippen molar-refractivity contribution in [3.63, 3.8) is 0 Å². The van der Waals surface area contributed by atoms with E-state index in [0.717, 1.165) is 17.3 Å². The molecular formula is C20H19F2NO3. The van der Waals surface area contributed by atoms with Crippen molar-refractivity contribution in [1.82, 2.24) is 4.98 Å². The summed E-state index contributed by atoms with van der Waals surface area (Å²) in [5.41, 5.74) is -0.734. The summed E-state index contributed by atoms with van der Waals surface area (Å²) in [4.78, 5) is 16.7. The highest BCUT2D eigenvalue weighted by Crippen LogP contribution is 2.81. The molecule has 1 heterocycles. The average molecular weight is 359 g/mol. The summed E-state index contributed by atoms with van der Waals surface area (Å²) in [5.74, 6) is -4.04. The lowest BCUT2D eigenvalue weighted by Gasteiger charge is -2.34. The number of hydrogen-bond donors (Lipinski definition) is 0. The molecule has 4 unspecified atom stereocenters. The van der Waals surface area contributed by atoms with Gasteiger partial charge in [-0.1, -0.05) is 12.1 Å². The van der Waals surface area contributed by atoms with Gasteiger partial charge in [-0.3, -0.25) is 9.78 Å². The van der Waals surface area contributed by atoms with Gasteiger partial charge >= 0.3 is 5.97 Å². The summed E-state index contributed by atoms with van der Waals surface area (Å²) in [6.45, 7) is 0.0948. The minimum atomic E-state index is -2.92. The van der Waals surface area contributed by atoms with Crippen LogP contribution in [0.15, 0.2) is 36.5 Å². The van der Waals surface area contributed by atoms with Crippen LogP contribution in [-0.2, 0) is 9.53 Å². The molecule has 26 heavy (non-hydrogen) atoms. The number of esters is 1. The smallest absolute Gasteiger partial charge is 0.318 e. The second-order valence-corrected chi connectivity index (χ2v) is 7.53. The second kappa shape index (κ2) is 5.38. The van der Waals surface area contributed by atoms with E-state index in [-0.39, 0.29) is 25.0 Å². The minimum Gasteiger partial charge on any atom is -0.489 e. The lowest BCUT2D eigenvalue weighted by atomic mass is 9.78.